The average Bonchev–Trinajstić information content (AvgIpc) is 2.28. The number of carbonyl (C=O) groups is 1. The third-order valence-corrected chi connectivity index (χ3v) is 2.99. The van der Waals surface area contributed by atoms with E-state index in [1.54, 1.807) is 0 Å². The van der Waals surface area contributed by atoms with Crippen LogP contribution in [0.1, 0.15) is 36.8 Å². The van der Waals surface area contributed by atoms with Crippen molar-refractivity contribution in [2.24, 2.45) is 0 Å². The summed E-state index contributed by atoms with van der Waals surface area (Å²) < 4.78 is 0. The second kappa shape index (κ2) is 6.94. The summed E-state index contributed by atoms with van der Waals surface area (Å²) in [6.45, 7) is 5.12. The fourth-order valence-corrected chi connectivity index (χ4v) is 1.74. The van der Waals surface area contributed by atoms with Gasteiger partial charge in [0, 0.05) is 18.7 Å². The van der Waals surface area contributed by atoms with Crippen molar-refractivity contribution in [1.29, 1.82) is 0 Å². The minimum atomic E-state index is -0.701. The number of nitrogens with one attached hydrogen (secondary N) is 1. The third kappa shape index (κ3) is 4.89. The number of hydrogen-bond donors (Lipinski definition) is 2. The smallest absolute Gasteiger partial charge is 0.303 e. The van der Waals surface area contributed by atoms with E-state index in [0.29, 0.717) is 0 Å². The maximum absolute atomic E-state index is 10.3. The molecule has 0 spiro atoms. The molecule has 1 aromatic rings. The van der Waals surface area contributed by atoms with Crippen molar-refractivity contribution < 1.29 is 9.90 Å². The molecule has 0 amide bonds. The fraction of sp³-hybridized carbons (Fsp3) is 0.500. The van der Waals surface area contributed by atoms with E-state index in [9.17, 15) is 4.79 Å². The van der Waals surface area contributed by atoms with Gasteiger partial charge in [0.15, 0.2) is 0 Å². The Hall–Kier alpha value is -1.51. The van der Waals surface area contributed by atoms with Crippen LogP contribution in [0.3, 0.4) is 0 Å². The number of unbranched alkanes of at least 4 members (excludes halogenated alkanes) is 2. The normalized spacial score (nSPS) is 10.2. The maximum atomic E-state index is 10.3. The predicted molar refractivity (Wildman–Crippen MR) is 70.5 cm³/mol. The SMILES string of the molecule is Cc1cccc(NCCCCCC(=O)O)c1C. The number of aliphatic carboxylic acids is 1. The molecule has 0 fully saturated rings. The average molecular weight is 235 g/mol. The lowest BCUT2D eigenvalue weighted by molar-refractivity contribution is -0.137. The summed E-state index contributed by atoms with van der Waals surface area (Å²) in [5, 5.41) is 11.9. The summed E-state index contributed by atoms with van der Waals surface area (Å²) in [6, 6.07) is 6.24. The second-order valence-electron chi connectivity index (χ2n) is 4.38. The molecule has 94 valence electrons. The number of carboxylic acids is 1. The Bertz CT molecular complexity index is 374. The summed E-state index contributed by atoms with van der Waals surface area (Å²) in [5.41, 5.74) is 3.77. The van der Waals surface area contributed by atoms with Gasteiger partial charge in [-0.15, -0.1) is 0 Å². The van der Waals surface area contributed by atoms with Crippen molar-refractivity contribution in [3.8, 4) is 0 Å². The van der Waals surface area contributed by atoms with Crippen molar-refractivity contribution >= 4 is 11.7 Å². The Morgan fingerprint density at radius 3 is 2.71 bits per heavy atom. The highest BCUT2D eigenvalue weighted by molar-refractivity contribution is 5.66. The number of hydrogen-bond acceptors (Lipinski definition) is 2. The predicted octanol–water partition coefficient (Wildman–Crippen LogP) is 3.36. The molecule has 0 aliphatic carbocycles. The van der Waals surface area contributed by atoms with Gasteiger partial charge in [-0.1, -0.05) is 18.6 Å². The van der Waals surface area contributed by atoms with Crippen LogP contribution in [0, 0.1) is 13.8 Å². The van der Waals surface area contributed by atoms with Crippen molar-refractivity contribution in [3.05, 3.63) is 29.3 Å². The summed E-state index contributed by atoms with van der Waals surface area (Å²) >= 11 is 0. The Kier molecular flexibility index (Phi) is 5.53. The van der Waals surface area contributed by atoms with Gasteiger partial charge < -0.3 is 10.4 Å². The monoisotopic (exact) mass is 235 g/mol. The van der Waals surface area contributed by atoms with Gasteiger partial charge in [0.25, 0.3) is 0 Å². The lowest BCUT2D eigenvalue weighted by Crippen LogP contribution is -2.04. The molecule has 0 atom stereocenters. The Balaban J connectivity index is 2.22. The zero-order valence-corrected chi connectivity index (χ0v) is 10.6. The van der Waals surface area contributed by atoms with E-state index in [4.69, 9.17) is 5.11 Å². The number of anilines is 1. The summed E-state index contributed by atoms with van der Waals surface area (Å²) in [6.07, 6.45) is 3.03. The Labute approximate surface area is 103 Å². The number of carboxylic acid groups (broad SMARTS) is 1. The highest BCUT2D eigenvalue weighted by atomic mass is 16.4. The first-order valence-corrected chi connectivity index (χ1v) is 6.13. The van der Waals surface area contributed by atoms with Gasteiger partial charge in [0.1, 0.15) is 0 Å². The molecule has 0 aliphatic heterocycles. The van der Waals surface area contributed by atoms with Crippen LogP contribution in [0.4, 0.5) is 5.69 Å². The van der Waals surface area contributed by atoms with Crippen LogP contribution in [0.15, 0.2) is 18.2 Å². The molecule has 0 radical (unpaired) electrons. The molecule has 3 nitrogen and oxygen atoms in total. The van der Waals surface area contributed by atoms with Gasteiger partial charge in [-0.2, -0.15) is 0 Å². The maximum Gasteiger partial charge on any atom is 0.303 e. The number of benzene rings is 1. The van der Waals surface area contributed by atoms with Crippen molar-refractivity contribution in [2.75, 3.05) is 11.9 Å². The topological polar surface area (TPSA) is 49.3 Å². The molecule has 17 heavy (non-hydrogen) atoms. The van der Waals surface area contributed by atoms with E-state index in [1.165, 1.54) is 16.8 Å². The molecular formula is C14H21NO2. The lowest BCUT2D eigenvalue weighted by atomic mass is 10.1. The highest BCUT2D eigenvalue weighted by Crippen LogP contribution is 2.17. The van der Waals surface area contributed by atoms with Crippen LogP contribution in [0.5, 0.6) is 0 Å². The van der Waals surface area contributed by atoms with E-state index < -0.39 is 5.97 Å². The standard InChI is InChI=1S/C14H21NO2/c1-11-7-6-8-13(12(11)2)15-10-5-3-4-9-14(16)17/h6-8,15H,3-5,9-10H2,1-2H3,(H,16,17). The Morgan fingerprint density at radius 2 is 2.00 bits per heavy atom. The van der Waals surface area contributed by atoms with Gasteiger partial charge in [-0.3, -0.25) is 4.79 Å². The van der Waals surface area contributed by atoms with Crippen LogP contribution in [0.25, 0.3) is 0 Å². The van der Waals surface area contributed by atoms with Crippen LogP contribution in [-0.2, 0) is 4.79 Å². The molecule has 1 rings (SSSR count). The summed E-state index contributed by atoms with van der Waals surface area (Å²) in [4.78, 5) is 10.3. The minimum Gasteiger partial charge on any atom is -0.481 e. The fourth-order valence-electron chi connectivity index (χ4n) is 1.74. The van der Waals surface area contributed by atoms with Gasteiger partial charge >= 0.3 is 5.97 Å². The van der Waals surface area contributed by atoms with Crippen LogP contribution in [0.2, 0.25) is 0 Å². The summed E-state index contributed by atoms with van der Waals surface area (Å²) in [5.74, 6) is -0.701. The van der Waals surface area contributed by atoms with Gasteiger partial charge in [-0.25, -0.2) is 0 Å². The van der Waals surface area contributed by atoms with Gasteiger partial charge in [0.05, 0.1) is 0 Å². The first-order chi connectivity index (χ1) is 8.11. The quantitative estimate of drug-likeness (QED) is 0.712. The second-order valence-corrected chi connectivity index (χ2v) is 4.38. The van der Waals surface area contributed by atoms with Crippen molar-refractivity contribution in [1.82, 2.24) is 0 Å². The molecule has 0 saturated carbocycles. The zero-order chi connectivity index (χ0) is 12.7. The molecule has 0 heterocycles. The van der Waals surface area contributed by atoms with Crippen molar-refractivity contribution in [2.45, 2.75) is 39.5 Å². The first kappa shape index (κ1) is 13.6. The molecule has 0 saturated heterocycles. The first-order valence-electron chi connectivity index (χ1n) is 6.13. The molecule has 0 aliphatic rings. The van der Waals surface area contributed by atoms with Crippen molar-refractivity contribution in [3.63, 3.8) is 0 Å². The summed E-state index contributed by atoms with van der Waals surface area (Å²) in [7, 11) is 0. The van der Waals surface area contributed by atoms with Crippen LogP contribution in [-0.4, -0.2) is 17.6 Å². The zero-order valence-electron chi connectivity index (χ0n) is 10.6. The van der Waals surface area contributed by atoms with Gasteiger partial charge in [-0.05, 0) is 43.9 Å². The number of aryl methyl sites for hydroxylation is 1. The van der Waals surface area contributed by atoms with E-state index in [-0.39, 0.29) is 6.42 Å². The van der Waals surface area contributed by atoms with E-state index in [0.717, 1.165) is 25.8 Å². The third-order valence-electron chi connectivity index (χ3n) is 2.99. The molecule has 0 aromatic heterocycles. The van der Waals surface area contributed by atoms with E-state index in [1.807, 2.05) is 0 Å². The number of rotatable bonds is 7. The molecule has 0 bridgehead atoms. The lowest BCUT2D eigenvalue weighted by Gasteiger charge is -2.11. The van der Waals surface area contributed by atoms with Crippen LogP contribution >= 0.6 is 0 Å². The van der Waals surface area contributed by atoms with Gasteiger partial charge in [0.2, 0.25) is 0 Å². The molecule has 3 heteroatoms. The molecule has 0 unspecified atom stereocenters. The van der Waals surface area contributed by atoms with Crippen LogP contribution < -0.4 is 5.32 Å². The van der Waals surface area contributed by atoms with E-state index >= 15 is 0 Å². The van der Waals surface area contributed by atoms with E-state index in [2.05, 4.69) is 37.4 Å². The molecule has 1 aromatic carbocycles. The highest BCUT2D eigenvalue weighted by Gasteiger charge is 2.00. The molecule has 2 N–H and O–H groups in total. The minimum absolute atomic E-state index is 0.281. The largest absolute Gasteiger partial charge is 0.481 e. The Morgan fingerprint density at radius 1 is 1.24 bits per heavy atom. The molecular weight excluding hydrogens is 214 g/mol.